The highest BCUT2D eigenvalue weighted by Gasteiger charge is 2.51. The Morgan fingerprint density at radius 3 is 1.26 bits per heavy atom. The molecular formula is C70H117NO13. The largest absolute Gasteiger partial charge is 0.394 e. The lowest BCUT2D eigenvalue weighted by molar-refractivity contribution is -0.359. The molecule has 0 aromatic rings. The van der Waals surface area contributed by atoms with Crippen molar-refractivity contribution in [2.24, 2.45) is 0 Å². The van der Waals surface area contributed by atoms with Crippen molar-refractivity contribution in [1.29, 1.82) is 0 Å². The molecule has 2 saturated heterocycles. The smallest absolute Gasteiger partial charge is 0.220 e. The second kappa shape index (κ2) is 53.6. The van der Waals surface area contributed by atoms with E-state index in [0.29, 0.717) is 6.42 Å². The molecular weight excluding hydrogens is 1060 g/mol. The van der Waals surface area contributed by atoms with E-state index in [1.807, 2.05) is 6.08 Å². The van der Waals surface area contributed by atoms with E-state index < -0.39 is 86.8 Å². The molecule has 0 aromatic carbocycles. The summed E-state index contributed by atoms with van der Waals surface area (Å²) in [6.07, 6.45) is 61.4. The van der Waals surface area contributed by atoms with Crippen molar-refractivity contribution in [2.75, 3.05) is 19.8 Å². The van der Waals surface area contributed by atoms with Crippen molar-refractivity contribution in [3.05, 3.63) is 122 Å². The maximum absolute atomic E-state index is 13.2. The average molecular weight is 1180 g/mol. The number of unbranched alkanes of at least 4 members (excludes halogenated alkanes) is 20. The molecule has 2 rings (SSSR count). The number of rotatable bonds is 51. The molecule has 14 nitrogen and oxygen atoms in total. The van der Waals surface area contributed by atoms with E-state index in [1.165, 1.54) is 83.5 Å². The maximum Gasteiger partial charge on any atom is 0.220 e. The summed E-state index contributed by atoms with van der Waals surface area (Å²) < 4.78 is 22.7. The van der Waals surface area contributed by atoms with Crippen LogP contribution in [0.5, 0.6) is 0 Å². The van der Waals surface area contributed by atoms with E-state index >= 15 is 0 Å². The second-order valence-electron chi connectivity index (χ2n) is 22.5. The van der Waals surface area contributed by atoms with Gasteiger partial charge in [0.2, 0.25) is 5.91 Å². The number of allylic oxidation sites excluding steroid dienone is 19. The van der Waals surface area contributed by atoms with Gasteiger partial charge in [-0.15, -0.1) is 0 Å². The number of carbonyl (C=O) groups is 1. The normalized spacial score (nSPS) is 24.5. The molecule has 0 radical (unpaired) electrons. The molecule has 0 saturated carbocycles. The Bertz CT molecular complexity index is 1870. The lowest BCUT2D eigenvalue weighted by Crippen LogP contribution is -2.65. The molecule has 0 bridgehead atoms. The van der Waals surface area contributed by atoms with Crippen LogP contribution in [0.2, 0.25) is 0 Å². The van der Waals surface area contributed by atoms with E-state index in [9.17, 15) is 45.6 Å². The Labute approximate surface area is 508 Å². The number of amides is 1. The highest BCUT2D eigenvalue weighted by atomic mass is 16.7. The van der Waals surface area contributed by atoms with Crippen LogP contribution in [0.25, 0.3) is 0 Å². The summed E-state index contributed by atoms with van der Waals surface area (Å²) in [5, 5.41) is 86.9. The number of hydrogen-bond donors (Lipinski definition) is 9. The zero-order chi connectivity index (χ0) is 60.9. The minimum Gasteiger partial charge on any atom is -0.394 e. The SMILES string of the molecule is CC/C=C\C/C=C\C/C=C\C/C=C\C/C=C\C/C=C\C/C=C\C/C=C\C/C=C\CCCCCCCCCCCCCCCC(=O)NC(COC1OC(CO)C(OC2OC(CO)C(O)C(O)C2O)C(O)C1O)C(O)/C=C/CCCCCCCCC. The molecule has 2 aliphatic rings. The minimum absolute atomic E-state index is 0.248. The number of hydrogen-bond acceptors (Lipinski definition) is 13. The van der Waals surface area contributed by atoms with Crippen LogP contribution in [-0.2, 0) is 23.7 Å². The maximum atomic E-state index is 13.2. The molecule has 12 unspecified atom stereocenters. The topological polar surface area (TPSA) is 228 Å². The van der Waals surface area contributed by atoms with Gasteiger partial charge >= 0.3 is 0 Å². The molecule has 0 spiro atoms. The van der Waals surface area contributed by atoms with Crippen molar-refractivity contribution in [1.82, 2.24) is 5.32 Å². The number of aliphatic hydroxyl groups excluding tert-OH is 8. The average Bonchev–Trinajstić information content (AvgIpc) is 2.28. The van der Waals surface area contributed by atoms with Crippen LogP contribution in [0.1, 0.15) is 219 Å². The Kier molecular flexibility index (Phi) is 48.8. The summed E-state index contributed by atoms with van der Waals surface area (Å²) in [5.74, 6) is -0.248. The highest BCUT2D eigenvalue weighted by Crippen LogP contribution is 2.30. The van der Waals surface area contributed by atoms with Crippen LogP contribution in [0, 0.1) is 0 Å². The molecule has 14 heteroatoms. The molecule has 12 atom stereocenters. The van der Waals surface area contributed by atoms with Crippen molar-refractivity contribution >= 4 is 5.91 Å². The van der Waals surface area contributed by atoms with Gasteiger partial charge in [-0.1, -0.05) is 245 Å². The first kappa shape index (κ1) is 76.5. The van der Waals surface area contributed by atoms with Gasteiger partial charge in [0.1, 0.15) is 48.8 Å². The lowest BCUT2D eigenvalue weighted by atomic mass is 9.97. The van der Waals surface area contributed by atoms with Gasteiger partial charge in [0, 0.05) is 6.42 Å². The first-order chi connectivity index (χ1) is 41.1. The van der Waals surface area contributed by atoms with Crippen LogP contribution in [-0.4, -0.2) is 140 Å². The van der Waals surface area contributed by atoms with Gasteiger partial charge < -0.3 is 65.1 Å². The fraction of sp³-hybridized carbons (Fsp3) is 0.700. The van der Waals surface area contributed by atoms with E-state index in [-0.39, 0.29) is 18.9 Å². The lowest BCUT2D eigenvalue weighted by Gasteiger charge is -2.46. The summed E-state index contributed by atoms with van der Waals surface area (Å²) in [6.45, 7) is 2.63. The molecule has 2 heterocycles. The molecule has 84 heavy (non-hydrogen) atoms. The number of aliphatic hydroxyl groups is 8. The summed E-state index contributed by atoms with van der Waals surface area (Å²) in [5.41, 5.74) is 0. The Hall–Kier alpha value is -3.61. The predicted molar refractivity (Wildman–Crippen MR) is 341 cm³/mol. The van der Waals surface area contributed by atoms with E-state index in [2.05, 4.69) is 129 Å². The first-order valence-electron chi connectivity index (χ1n) is 32.8. The molecule has 2 aliphatic heterocycles. The van der Waals surface area contributed by atoms with Crippen LogP contribution >= 0.6 is 0 Å². The fourth-order valence-corrected chi connectivity index (χ4v) is 9.93. The molecule has 0 aliphatic carbocycles. The summed E-state index contributed by atoms with van der Waals surface area (Å²) in [6, 6.07) is -0.919. The quantitative estimate of drug-likeness (QED) is 0.0204. The highest BCUT2D eigenvalue weighted by molar-refractivity contribution is 5.76. The monoisotopic (exact) mass is 1180 g/mol. The molecule has 2 fully saturated rings. The van der Waals surface area contributed by atoms with Crippen LogP contribution in [0.4, 0.5) is 0 Å². The number of ether oxygens (including phenoxy) is 4. The van der Waals surface area contributed by atoms with Crippen molar-refractivity contribution < 1.29 is 64.6 Å². The summed E-state index contributed by atoms with van der Waals surface area (Å²) in [4.78, 5) is 13.2. The first-order valence-corrected chi connectivity index (χ1v) is 32.8. The second-order valence-corrected chi connectivity index (χ2v) is 22.5. The van der Waals surface area contributed by atoms with Gasteiger partial charge in [-0.25, -0.2) is 0 Å². The Morgan fingerprint density at radius 1 is 0.440 bits per heavy atom. The van der Waals surface area contributed by atoms with Crippen LogP contribution < -0.4 is 5.32 Å². The molecule has 480 valence electrons. The van der Waals surface area contributed by atoms with Crippen molar-refractivity contribution in [2.45, 2.75) is 293 Å². The summed E-state index contributed by atoms with van der Waals surface area (Å²) >= 11 is 0. The van der Waals surface area contributed by atoms with Gasteiger partial charge in [-0.05, 0) is 89.9 Å². The molecule has 1 amide bonds. The van der Waals surface area contributed by atoms with Crippen LogP contribution in [0.3, 0.4) is 0 Å². The third-order valence-electron chi connectivity index (χ3n) is 15.2. The van der Waals surface area contributed by atoms with Crippen molar-refractivity contribution in [3.8, 4) is 0 Å². The Morgan fingerprint density at radius 2 is 0.821 bits per heavy atom. The number of nitrogens with one attached hydrogen (secondary N) is 1. The number of carbonyl (C=O) groups excluding carboxylic acids is 1. The van der Waals surface area contributed by atoms with Gasteiger partial charge in [0.15, 0.2) is 12.6 Å². The minimum atomic E-state index is -1.79. The zero-order valence-corrected chi connectivity index (χ0v) is 51.8. The third kappa shape index (κ3) is 37.8. The van der Waals surface area contributed by atoms with Crippen LogP contribution in [0.15, 0.2) is 122 Å². The zero-order valence-electron chi connectivity index (χ0n) is 51.8. The standard InChI is InChI=1S/C70H117NO13/c1-3-5-7-9-11-13-14-15-16-17-18-19-20-21-22-23-24-25-26-27-28-29-30-31-32-33-34-35-36-37-38-39-40-41-42-43-44-46-48-50-52-54-62(75)71-58(59(74)53-51-49-47-45-12-10-8-6-4-2)57-81-69-67(80)65(78)68(61(56-73)83-69)84-70-66(79)64(77)63(76)60(55-72)82-70/h5,7,11,13,15-16,18-19,21-22,24-25,27-28,30-31,33-34,51,53,58-61,63-70,72-74,76-80H,3-4,6,8-10,12,14,17,20,23,26,29,32,35-50,52,54-57H2,1-2H3,(H,71,75)/b7-5-,13-11-,16-15-,19-18-,22-21-,25-24-,28-27-,31-30-,34-33-,53-51+. The predicted octanol–water partition coefficient (Wildman–Crippen LogP) is 12.6. The van der Waals surface area contributed by atoms with E-state index in [1.54, 1.807) is 6.08 Å². The Balaban J connectivity index is 1.56. The van der Waals surface area contributed by atoms with E-state index in [0.717, 1.165) is 109 Å². The summed E-state index contributed by atoms with van der Waals surface area (Å²) in [7, 11) is 0. The van der Waals surface area contributed by atoms with Gasteiger partial charge in [0.05, 0.1) is 32.0 Å². The van der Waals surface area contributed by atoms with Gasteiger partial charge in [-0.2, -0.15) is 0 Å². The fourth-order valence-electron chi connectivity index (χ4n) is 9.93. The van der Waals surface area contributed by atoms with Gasteiger partial charge in [-0.3, -0.25) is 4.79 Å². The third-order valence-corrected chi connectivity index (χ3v) is 15.2. The van der Waals surface area contributed by atoms with E-state index in [4.69, 9.17) is 18.9 Å². The molecule has 9 N–H and O–H groups in total. The molecule has 0 aromatic heterocycles. The van der Waals surface area contributed by atoms with Crippen molar-refractivity contribution in [3.63, 3.8) is 0 Å². The van der Waals surface area contributed by atoms with Gasteiger partial charge in [0.25, 0.3) is 0 Å².